The average molecular weight is 413 g/mol. The second-order valence-electron chi connectivity index (χ2n) is 7.07. The molecule has 0 spiro atoms. The summed E-state index contributed by atoms with van der Waals surface area (Å²) in [6.07, 6.45) is 1.31. The Morgan fingerprint density at radius 1 is 1.07 bits per heavy atom. The molecule has 1 N–H and O–H groups in total. The third-order valence-electron chi connectivity index (χ3n) is 5.16. The maximum Gasteiger partial charge on any atom is 0.263 e. The maximum atomic E-state index is 14.3. The third-order valence-corrected chi connectivity index (χ3v) is 5.16. The molecular weight excluding hydrogens is 392 g/mol. The molecule has 1 fully saturated rings. The van der Waals surface area contributed by atoms with Gasteiger partial charge in [-0.1, -0.05) is 18.2 Å². The zero-order valence-corrected chi connectivity index (χ0v) is 16.2. The van der Waals surface area contributed by atoms with E-state index in [9.17, 15) is 18.4 Å². The zero-order valence-electron chi connectivity index (χ0n) is 16.2. The molecule has 2 heterocycles. The van der Waals surface area contributed by atoms with E-state index in [1.54, 1.807) is 24.3 Å². The number of carbonyl (C=O) groups excluding carboxylic acids is 1. The highest BCUT2D eigenvalue weighted by atomic mass is 19.1. The van der Waals surface area contributed by atoms with Gasteiger partial charge in [0.25, 0.3) is 11.5 Å². The Hall–Kier alpha value is -3.10. The monoisotopic (exact) mass is 413 g/mol. The number of carbonyl (C=O) groups is 1. The highest BCUT2D eigenvalue weighted by molar-refractivity contribution is 6.06. The van der Waals surface area contributed by atoms with Crippen molar-refractivity contribution in [3.63, 3.8) is 0 Å². The van der Waals surface area contributed by atoms with Crippen LogP contribution in [0.15, 0.2) is 53.5 Å². The van der Waals surface area contributed by atoms with Crippen LogP contribution in [0.4, 0.5) is 8.78 Å². The second-order valence-corrected chi connectivity index (χ2v) is 7.07. The number of ether oxygens (including phenoxy) is 1. The number of hydrogen-bond acceptors (Lipinski definition) is 4. The second kappa shape index (κ2) is 8.73. The molecule has 2 aromatic carbocycles. The van der Waals surface area contributed by atoms with E-state index in [1.165, 1.54) is 12.3 Å². The first-order valence-electron chi connectivity index (χ1n) is 9.73. The van der Waals surface area contributed by atoms with Gasteiger partial charge in [-0.25, -0.2) is 8.78 Å². The predicted molar refractivity (Wildman–Crippen MR) is 109 cm³/mol. The number of hydrogen-bond donors (Lipinski definition) is 1. The number of pyridine rings is 1. The maximum absolute atomic E-state index is 14.3. The first-order valence-corrected chi connectivity index (χ1v) is 9.73. The van der Waals surface area contributed by atoms with E-state index in [0.29, 0.717) is 37.8 Å². The van der Waals surface area contributed by atoms with E-state index < -0.39 is 17.2 Å². The van der Waals surface area contributed by atoms with E-state index in [0.717, 1.165) is 23.7 Å². The number of amides is 1. The molecule has 1 aromatic heterocycles. The van der Waals surface area contributed by atoms with Crippen LogP contribution in [0.3, 0.4) is 0 Å². The fourth-order valence-electron chi connectivity index (χ4n) is 3.58. The molecule has 30 heavy (non-hydrogen) atoms. The normalized spacial score (nSPS) is 14.7. The van der Waals surface area contributed by atoms with Gasteiger partial charge in [0.2, 0.25) is 0 Å². The predicted octanol–water partition coefficient (Wildman–Crippen LogP) is 2.33. The number of morpholine rings is 1. The molecule has 1 aliphatic rings. The number of benzene rings is 2. The van der Waals surface area contributed by atoms with Crippen molar-refractivity contribution in [3.8, 4) is 5.69 Å². The summed E-state index contributed by atoms with van der Waals surface area (Å²) in [5.74, 6) is -1.99. The minimum Gasteiger partial charge on any atom is -0.379 e. The molecule has 0 radical (unpaired) electrons. The average Bonchev–Trinajstić information content (AvgIpc) is 2.75. The largest absolute Gasteiger partial charge is 0.379 e. The van der Waals surface area contributed by atoms with Crippen molar-refractivity contribution in [2.75, 3.05) is 39.4 Å². The van der Waals surface area contributed by atoms with E-state index in [2.05, 4.69) is 10.2 Å². The lowest BCUT2D eigenvalue weighted by molar-refractivity contribution is 0.0383. The lowest BCUT2D eigenvalue weighted by atomic mass is 10.1. The molecule has 1 aliphatic heterocycles. The standard InChI is InChI=1S/C22H21F2N3O3/c23-15-5-6-20(19(24)13-15)27-14-18(16-3-1-2-4-17(16)22(27)29)21(28)25-7-8-26-9-11-30-12-10-26/h1-6,13-14H,7-12H2,(H,25,28). The number of nitrogens with zero attached hydrogens (tertiary/aromatic N) is 2. The smallest absolute Gasteiger partial charge is 0.263 e. The lowest BCUT2D eigenvalue weighted by Crippen LogP contribution is -2.41. The van der Waals surface area contributed by atoms with Gasteiger partial charge >= 0.3 is 0 Å². The Morgan fingerprint density at radius 2 is 1.80 bits per heavy atom. The summed E-state index contributed by atoms with van der Waals surface area (Å²) in [5, 5.41) is 3.63. The molecular formula is C22H21F2N3O3. The van der Waals surface area contributed by atoms with Crippen LogP contribution in [0.2, 0.25) is 0 Å². The zero-order chi connectivity index (χ0) is 21.1. The Kier molecular flexibility index (Phi) is 5.87. The molecule has 156 valence electrons. The van der Waals surface area contributed by atoms with Gasteiger partial charge < -0.3 is 10.1 Å². The summed E-state index contributed by atoms with van der Waals surface area (Å²) in [5.41, 5.74) is -0.355. The van der Waals surface area contributed by atoms with Crippen LogP contribution >= 0.6 is 0 Å². The molecule has 0 aliphatic carbocycles. The van der Waals surface area contributed by atoms with Gasteiger partial charge in [0.1, 0.15) is 11.6 Å². The molecule has 1 saturated heterocycles. The lowest BCUT2D eigenvalue weighted by Gasteiger charge is -2.26. The van der Waals surface area contributed by atoms with Crippen molar-refractivity contribution in [3.05, 3.63) is 76.2 Å². The first kappa shape index (κ1) is 20.2. The number of aromatic nitrogens is 1. The molecule has 0 bridgehead atoms. The summed E-state index contributed by atoms with van der Waals surface area (Å²) < 4.78 is 34.0. The van der Waals surface area contributed by atoms with Gasteiger partial charge in [-0.2, -0.15) is 0 Å². The summed E-state index contributed by atoms with van der Waals surface area (Å²) >= 11 is 0. The van der Waals surface area contributed by atoms with Crippen molar-refractivity contribution in [2.45, 2.75) is 0 Å². The summed E-state index contributed by atoms with van der Waals surface area (Å²) in [6.45, 7) is 4.08. The summed E-state index contributed by atoms with van der Waals surface area (Å²) in [4.78, 5) is 28.0. The van der Waals surface area contributed by atoms with Crippen LogP contribution in [-0.2, 0) is 4.74 Å². The molecule has 0 atom stereocenters. The SMILES string of the molecule is O=C(NCCN1CCOCC1)c1cn(-c2ccc(F)cc2F)c(=O)c2ccccc12. The van der Waals surface area contributed by atoms with Crippen molar-refractivity contribution < 1.29 is 18.3 Å². The Bertz CT molecular complexity index is 1140. The van der Waals surface area contributed by atoms with E-state index in [4.69, 9.17) is 4.74 Å². The quantitative estimate of drug-likeness (QED) is 0.698. The number of halogens is 2. The minimum atomic E-state index is -0.883. The van der Waals surface area contributed by atoms with Crippen LogP contribution in [0, 0.1) is 11.6 Å². The number of fused-ring (bicyclic) bond motifs is 1. The van der Waals surface area contributed by atoms with Crippen LogP contribution in [0.25, 0.3) is 16.5 Å². The number of nitrogens with one attached hydrogen (secondary N) is 1. The van der Waals surface area contributed by atoms with E-state index in [-0.39, 0.29) is 22.5 Å². The molecule has 0 unspecified atom stereocenters. The molecule has 8 heteroatoms. The van der Waals surface area contributed by atoms with Crippen molar-refractivity contribution >= 4 is 16.7 Å². The van der Waals surface area contributed by atoms with Crippen molar-refractivity contribution in [1.29, 1.82) is 0 Å². The van der Waals surface area contributed by atoms with Gasteiger partial charge in [-0.05, 0) is 18.2 Å². The molecule has 1 amide bonds. The minimum absolute atomic E-state index is 0.116. The van der Waals surface area contributed by atoms with Gasteiger partial charge in [0.15, 0.2) is 0 Å². The van der Waals surface area contributed by atoms with Gasteiger partial charge in [0.05, 0.1) is 24.5 Å². The Labute approximate surface area is 171 Å². The highest BCUT2D eigenvalue weighted by Crippen LogP contribution is 2.19. The third kappa shape index (κ3) is 4.10. The molecule has 6 nitrogen and oxygen atoms in total. The topological polar surface area (TPSA) is 63.6 Å². The van der Waals surface area contributed by atoms with Crippen LogP contribution in [0.1, 0.15) is 10.4 Å². The summed E-state index contributed by atoms with van der Waals surface area (Å²) in [7, 11) is 0. The molecule has 4 rings (SSSR count). The fraction of sp³-hybridized carbons (Fsp3) is 0.273. The van der Waals surface area contributed by atoms with E-state index in [1.807, 2.05) is 0 Å². The summed E-state index contributed by atoms with van der Waals surface area (Å²) in [6, 6.07) is 9.63. The molecule has 0 saturated carbocycles. The van der Waals surface area contributed by atoms with Gasteiger partial charge in [0, 0.05) is 49.2 Å². The highest BCUT2D eigenvalue weighted by Gasteiger charge is 2.18. The van der Waals surface area contributed by atoms with Crippen molar-refractivity contribution in [1.82, 2.24) is 14.8 Å². The fourth-order valence-corrected chi connectivity index (χ4v) is 3.58. The van der Waals surface area contributed by atoms with Crippen LogP contribution in [0.5, 0.6) is 0 Å². The number of rotatable bonds is 5. The van der Waals surface area contributed by atoms with Gasteiger partial charge in [-0.15, -0.1) is 0 Å². The Morgan fingerprint density at radius 3 is 2.53 bits per heavy atom. The van der Waals surface area contributed by atoms with Gasteiger partial charge in [-0.3, -0.25) is 19.1 Å². The van der Waals surface area contributed by atoms with Crippen molar-refractivity contribution in [2.24, 2.45) is 0 Å². The van der Waals surface area contributed by atoms with Crippen LogP contribution < -0.4 is 10.9 Å². The molecule has 3 aromatic rings. The first-order chi connectivity index (χ1) is 14.5. The Balaban J connectivity index is 1.67. The van der Waals surface area contributed by atoms with Crippen LogP contribution in [-0.4, -0.2) is 54.8 Å². The van der Waals surface area contributed by atoms with E-state index >= 15 is 0 Å².